The molecule has 0 aromatic heterocycles. The van der Waals surface area contributed by atoms with Crippen LogP contribution in [0.25, 0.3) is 0 Å². The SMILES string of the molecule is COC(=O)c1ccc(Oc2cc(OC)c(OC)c(OC)c2)cc1. The van der Waals surface area contributed by atoms with Crippen molar-refractivity contribution >= 4 is 5.97 Å². The van der Waals surface area contributed by atoms with Crippen LogP contribution in [0.1, 0.15) is 10.4 Å². The molecule has 0 aliphatic rings. The second-order valence-corrected chi connectivity index (χ2v) is 4.48. The Hall–Kier alpha value is -2.89. The van der Waals surface area contributed by atoms with E-state index in [1.54, 1.807) is 36.4 Å². The number of hydrogen-bond donors (Lipinski definition) is 0. The van der Waals surface area contributed by atoms with E-state index in [1.165, 1.54) is 28.4 Å². The second kappa shape index (κ2) is 7.40. The third-order valence-electron chi connectivity index (χ3n) is 3.15. The molecule has 0 bridgehead atoms. The molecule has 6 nitrogen and oxygen atoms in total. The van der Waals surface area contributed by atoms with Crippen LogP contribution >= 0.6 is 0 Å². The fraction of sp³-hybridized carbons (Fsp3) is 0.235. The highest BCUT2D eigenvalue weighted by atomic mass is 16.5. The molecule has 0 heterocycles. The first kappa shape index (κ1) is 16.5. The van der Waals surface area contributed by atoms with Crippen LogP contribution in [0.5, 0.6) is 28.7 Å². The van der Waals surface area contributed by atoms with E-state index in [0.717, 1.165) is 0 Å². The van der Waals surface area contributed by atoms with Gasteiger partial charge in [0.1, 0.15) is 11.5 Å². The fourth-order valence-electron chi connectivity index (χ4n) is 2.03. The van der Waals surface area contributed by atoms with Crippen LogP contribution in [0.15, 0.2) is 36.4 Å². The highest BCUT2D eigenvalue weighted by Crippen LogP contribution is 2.41. The molecule has 0 unspecified atom stereocenters. The molecule has 0 atom stereocenters. The van der Waals surface area contributed by atoms with Crippen molar-refractivity contribution < 1.29 is 28.5 Å². The molecule has 2 aromatic carbocycles. The summed E-state index contributed by atoms with van der Waals surface area (Å²) in [5.41, 5.74) is 0.449. The third-order valence-corrected chi connectivity index (χ3v) is 3.15. The second-order valence-electron chi connectivity index (χ2n) is 4.48. The maximum Gasteiger partial charge on any atom is 0.337 e. The molecule has 2 aromatic rings. The molecule has 0 saturated carbocycles. The van der Waals surface area contributed by atoms with E-state index >= 15 is 0 Å². The molecular weight excluding hydrogens is 300 g/mol. The summed E-state index contributed by atoms with van der Waals surface area (Å²) >= 11 is 0. The Morgan fingerprint density at radius 1 is 0.783 bits per heavy atom. The van der Waals surface area contributed by atoms with Crippen LogP contribution in [0.4, 0.5) is 0 Å². The van der Waals surface area contributed by atoms with Gasteiger partial charge in [-0.3, -0.25) is 0 Å². The van der Waals surface area contributed by atoms with Gasteiger partial charge in [-0.05, 0) is 24.3 Å². The smallest absolute Gasteiger partial charge is 0.337 e. The minimum Gasteiger partial charge on any atom is -0.493 e. The topological polar surface area (TPSA) is 63.2 Å². The number of rotatable bonds is 6. The monoisotopic (exact) mass is 318 g/mol. The zero-order valence-electron chi connectivity index (χ0n) is 13.4. The Bertz CT molecular complexity index is 653. The van der Waals surface area contributed by atoms with E-state index in [2.05, 4.69) is 4.74 Å². The van der Waals surface area contributed by atoms with Crippen LogP contribution < -0.4 is 18.9 Å². The van der Waals surface area contributed by atoms with Gasteiger partial charge in [-0.25, -0.2) is 4.79 Å². The number of hydrogen-bond acceptors (Lipinski definition) is 6. The zero-order valence-corrected chi connectivity index (χ0v) is 13.4. The fourth-order valence-corrected chi connectivity index (χ4v) is 2.03. The minimum absolute atomic E-state index is 0.399. The van der Waals surface area contributed by atoms with Crippen molar-refractivity contribution in [3.05, 3.63) is 42.0 Å². The lowest BCUT2D eigenvalue weighted by atomic mass is 10.2. The van der Waals surface area contributed by atoms with Crippen LogP contribution in [-0.2, 0) is 4.74 Å². The molecule has 0 fully saturated rings. The molecule has 23 heavy (non-hydrogen) atoms. The van der Waals surface area contributed by atoms with Gasteiger partial charge in [0, 0.05) is 12.1 Å². The van der Waals surface area contributed by atoms with Crippen molar-refractivity contribution in [1.82, 2.24) is 0 Å². The maximum atomic E-state index is 11.4. The first-order chi connectivity index (χ1) is 11.1. The Kier molecular flexibility index (Phi) is 5.30. The molecule has 0 radical (unpaired) electrons. The molecule has 6 heteroatoms. The van der Waals surface area contributed by atoms with Gasteiger partial charge in [0.25, 0.3) is 0 Å². The zero-order chi connectivity index (χ0) is 16.8. The van der Waals surface area contributed by atoms with E-state index in [4.69, 9.17) is 18.9 Å². The molecule has 122 valence electrons. The lowest BCUT2D eigenvalue weighted by Gasteiger charge is -2.14. The van der Waals surface area contributed by atoms with Crippen molar-refractivity contribution in [2.45, 2.75) is 0 Å². The van der Waals surface area contributed by atoms with Gasteiger partial charge in [0.15, 0.2) is 11.5 Å². The summed E-state index contributed by atoms with van der Waals surface area (Å²) in [5, 5.41) is 0. The molecule has 0 aliphatic carbocycles. The number of ether oxygens (including phenoxy) is 5. The largest absolute Gasteiger partial charge is 0.493 e. The predicted octanol–water partition coefficient (Wildman–Crippen LogP) is 3.29. The van der Waals surface area contributed by atoms with Crippen LogP contribution in [0.2, 0.25) is 0 Å². The lowest BCUT2D eigenvalue weighted by molar-refractivity contribution is 0.0600. The van der Waals surface area contributed by atoms with Crippen molar-refractivity contribution in [1.29, 1.82) is 0 Å². The van der Waals surface area contributed by atoms with E-state index in [-0.39, 0.29) is 0 Å². The number of esters is 1. The third kappa shape index (κ3) is 3.66. The van der Waals surface area contributed by atoms with Gasteiger partial charge in [-0.2, -0.15) is 0 Å². The van der Waals surface area contributed by atoms with Gasteiger partial charge < -0.3 is 23.7 Å². The Labute approximate surface area is 134 Å². The van der Waals surface area contributed by atoms with Gasteiger partial charge >= 0.3 is 5.97 Å². The molecule has 0 saturated heterocycles. The highest BCUT2D eigenvalue weighted by Gasteiger charge is 2.14. The van der Waals surface area contributed by atoms with Crippen molar-refractivity contribution in [3.8, 4) is 28.7 Å². The molecule has 0 spiro atoms. The Morgan fingerprint density at radius 2 is 1.35 bits per heavy atom. The summed E-state index contributed by atoms with van der Waals surface area (Å²) in [6.45, 7) is 0. The number of methoxy groups -OCH3 is 4. The summed E-state index contributed by atoms with van der Waals surface area (Å²) in [6, 6.07) is 9.98. The lowest BCUT2D eigenvalue weighted by Crippen LogP contribution is -2.00. The first-order valence-corrected chi connectivity index (χ1v) is 6.79. The van der Waals surface area contributed by atoms with E-state index in [0.29, 0.717) is 34.3 Å². The summed E-state index contributed by atoms with van der Waals surface area (Å²) in [5.74, 6) is 2.16. The van der Waals surface area contributed by atoms with Gasteiger partial charge in [0.05, 0.1) is 34.0 Å². The van der Waals surface area contributed by atoms with E-state index in [9.17, 15) is 4.79 Å². The highest BCUT2D eigenvalue weighted by molar-refractivity contribution is 5.89. The van der Waals surface area contributed by atoms with Crippen molar-refractivity contribution in [2.24, 2.45) is 0 Å². The summed E-state index contributed by atoms with van der Waals surface area (Å²) in [6.07, 6.45) is 0. The van der Waals surface area contributed by atoms with Crippen molar-refractivity contribution in [2.75, 3.05) is 28.4 Å². The first-order valence-electron chi connectivity index (χ1n) is 6.79. The molecule has 2 rings (SSSR count). The quantitative estimate of drug-likeness (QED) is 0.762. The normalized spacial score (nSPS) is 9.91. The minimum atomic E-state index is -0.399. The number of carbonyl (C=O) groups excluding carboxylic acids is 1. The molecule has 0 N–H and O–H groups in total. The van der Waals surface area contributed by atoms with Gasteiger partial charge in [-0.15, -0.1) is 0 Å². The summed E-state index contributed by atoms with van der Waals surface area (Å²) in [7, 11) is 5.94. The van der Waals surface area contributed by atoms with E-state index in [1.807, 2.05) is 0 Å². The van der Waals surface area contributed by atoms with Crippen LogP contribution in [0, 0.1) is 0 Å². The van der Waals surface area contributed by atoms with Crippen LogP contribution in [-0.4, -0.2) is 34.4 Å². The molecule has 0 amide bonds. The average molecular weight is 318 g/mol. The molecular formula is C17H18O6. The summed E-state index contributed by atoms with van der Waals surface area (Å²) in [4.78, 5) is 11.4. The van der Waals surface area contributed by atoms with Gasteiger partial charge in [0.2, 0.25) is 5.75 Å². The molecule has 0 aliphatic heterocycles. The maximum absolute atomic E-state index is 11.4. The predicted molar refractivity (Wildman–Crippen MR) is 84.0 cm³/mol. The van der Waals surface area contributed by atoms with Gasteiger partial charge in [-0.1, -0.05) is 0 Å². The Morgan fingerprint density at radius 3 is 1.78 bits per heavy atom. The van der Waals surface area contributed by atoms with E-state index < -0.39 is 5.97 Å². The Balaban J connectivity index is 2.27. The standard InChI is InChI=1S/C17H18O6/c1-19-14-9-13(10-15(20-2)16(14)21-3)23-12-7-5-11(6-8-12)17(18)22-4/h5-10H,1-4H3. The number of benzene rings is 2. The number of carbonyl (C=O) groups is 1. The summed E-state index contributed by atoms with van der Waals surface area (Å²) < 4.78 is 26.2. The average Bonchev–Trinajstić information content (AvgIpc) is 2.60. The van der Waals surface area contributed by atoms with Crippen LogP contribution in [0.3, 0.4) is 0 Å². The van der Waals surface area contributed by atoms with Crippen molar-refractivity contribution in [3.63, 3.8) is 0 Å².